The summed E-state index contributed by atoms with van der Waals surface area (Å²) in [7, 11) is 0. The third kappa shape index (κ3) is 3.27. The normalized spacial score (nSPS) is 11.8. The Morgan fingerprint density at radius 1 is 0.333 bits per heavy atom. The van der Waals surface area contributed by atoms with Crippen LogP contribution in [0.1, 0.15) is 0 Å². The van der Waals surface area contributed by atoms with E-state index in [-0.39, 0.29) is 0 Å². The Bertz CT molecular complexity index is 2440. The van der Waals surface area contributed by atoms with Crippen LogP contribution in [0.4, 0.5) is 0 Å². The molecular weight excluding hydrogens is 508 g/mol. The summed E-state index contributed by atoms with van der Waals surface area (Å²) in [6.07, 6.45) is 0. The lowest BCUT2D eigenvalue weighted by atomic mass is 10.0. The summed E-state index contributed by atoms with van der Waals surface area (Å²) in [5.74, 6) is 0. The van der Waals surface area contributed by atoms with Crippen LogP contribution in [-0.4, -0.2) is 9.13 Å². The van der Waals surface area contributed by atoms with Crippen molar-refractivity contribution in [3.05, 3.63) is 158 Å². The Balaban J connectivity index is 1.51. The molecular formula is C40H26N2. The zero-order valence-electron chi connectivity index (χ0n) is 22.9. The van der Waals surface area contributed by atoms with Crippen molar-refractivity contribution < 1.29 is 0 Å². The fraction of sp³-hybridized carbons (Fsp3) is 0. The van der Waals surface area contributed by atoms with Gasteiger partial charge in [0.2, 0.25) is 0 Å². The van der Waals surface area contributed by atoms with Crippen molar-refractivity contribution in [3.8, 4) is 22.5 Å². The fourth-order valence-electron chi connectivity index (χ4n) is 6.88. The molecule has 42 heavy (non-hydrogen) atoms. The van der Waals surface area contributed by atoms with E-state index in [4.69, 9.17) is 0 Å². The van der Waals surface area contributed by atoms with E-state index >= 15 is 0 Å². The minimum atomic E-state index is 1.16. The van der Waals surface area contributed by atoms with Gasteiger partial charge in [0.25, 0.3) is 0 Å². The third-order valence-corrected chi connectivity index (χ3v) is 8.67. The molecule has 0 unspecified atom stereocenters. The monoisotopic (exact) mass is 534 g/mol. The molecule has 0 aliphatic heterocycles. The summed E-state index contributed by atoms with van der Waals surface area (Å²) >= 11 is 0. The van der Waals surface area contributed by atoms with Gasteiger partial charge >= 0.3 is 0 Å². The maximum absolute atomic E-state index is 2.48. The molecule has 9 aromatic rings. The molecule has 2 heterocycles. The van der Waals surface area contributed by atoms with E-state index in [0.29, 0.717) is 0 Å². The van der Waals surface area contributed by atoms with Crippen molar-refractivity contribution >= 4 is 54.4 Å². The van der Waals surface area contributed by atoms with Gasteiger partial charge in [-0.1, -0.05) is 121 Å². The van der Waals surface area contributed by atoms with Gasteiger partial charge in [0.1, 0.15) is 0 Å². The zero-order valence-corrected chi connectivity index (χ0v) is 22.9. The Morgan fingerprint density at radius 2 is 0.833 bits per heavy atom. The van der Waals surface area contributed by atoms with E-state index in [1.165, 1.54) is 71.2 Å². The number of aromatic nitrogens is 2. The molecule has 0 aliphatic carbocycles. The van der Waals surface area contributed by atoms with Gasteiger partial charge < -0.3 is 9.13 Å². The van der Waals surface area contributed by atoms with E-state index < -0.39 is 0 Å². The van der Waals surface area contributed by atoms with Crippen LogP contribution in [0.3, 0.4) is 0 Å². The molecule has 2 nitrogen and oxygen atoms in total. The highest BCUT2D eigenvalue weighted by Gasteiger charge is 2.21. The predicted molar refractivity (Wildman–Crippen MR) is 178 cm³/mol. The number of benzene rings is 7. The molecule has 9 rings (SSSR count). The lowest BCUT2D eigenvalue weighted by molar-refractivity contribution is 1.17. The van der Waals surface area contributed by atoms with Crippen LogP contribution in [-0.2, 0) is 0 Å². The molecule has 0 saturated carbocycles. The Labute approximate surface area is 243 Å². The van der Waals surface area contributed by atoms with Crippen molar-refractivity contribution in [2.24, 2.45) is 0 Å². The number of hydrogen-bond donors (Lipinski definition) is 0. The highest BCUT2D eigenvalue weighted by molar-refractivity contribution is 6.28. The molecule has 0 N–H and O–H groups in total. The van der Waals surface area contributed by atoms with Crippen LogP contribution in [0.2, 0.25) is 0 Å². The Kier molecular flexibility index (Phi) is 4.93. The SMILES string of the molecule is c1ccc(-c2cccc(-n3c4ccccc4c4ccc5ccc6c7ccccc7n(-c7ccccc7)c6c5c43)c2)cc1. The van der Waals surface area contributed by atoms with Crippen LogP contribution >= 0.6 is 0 Å². The van der Waals surface area contributed by atoms with Gasteiger partial charge in [-0.25, -0.2) is 0 Å². The van der Waals surface area contributed by atoms with Gasteiger partial charge in [0, 0.05) is 38.3 Å². The van der Waals surface area contributed by atoms with Crippen molar-refractivity contribution in [2.75, 3.05) is 0 Å². The van der Waals surface area contributed by atoms with Crippen molar-refractivity contribution in [2.45, 2.75) is 0 Å². The van der Waals surface area contributed by atoms with Crippen LogP contribution in [0, 0.1) is 0 Å². The molecule has 196 valence electrons. The first-order chi connectivity index (χ1) is 20.9. The first kappa shape index (κ1) is 23.1. The molecule has 0 saturated heterocycles. The van der Waals surface area contributed by atoms with Crippen LogP contribution in [0.25, 0.3) is 76.9 Å². The van der Waals surface area contributed by atoms with E-state index in [9.17, 15) is 0 Å². The highest BCUT2D eigenvalue weighted by atomic mass is 15.0. The molecule has 2 heteroatoms. The number of para-hydroxylation sites is 3. The number of hydrogen-bond acceptors (Lipinski definition) is 0. The number of rotatable bonds is 3. The predicted octanol–water partition coefficient (Wildman–Crippen LogP) is 10.7. The quantitative estimate of drug-likeness (QED) is 0.213. The van der Waals surface area contributed by atoms with Crippen molar-refractivity contribution in [3.63, 3.8) is 0 Å². The summed E-state index contributed by atoms with van der Waals surface area (Å²) in [5, 5.41) is 7.57. The summed E-state index contributed by atoms with van der Waals surface area (Å²) in [6, 6.07) is 57.2. The van der Waals surface area contributed by atoms with E-state index in [0.717, 1.165) is 5.69 Å². The first-order valence-corrected chi connectivity index (χ1v) is 14.5. The van der Waals surface area contributed by atoms with Crippen LogP contribution in [0.5, 0.6) is 0 Å². The average Bonchev–Trinajstić information content (AvgIpc) is 3.59. The Hall–Kier alpha value is -5.60. The molecule has 2 aromatic heterocycles. The van der Waals surface area contributed by atoms with Crippen LogP contribution < -0.4 is 0 Å². The van der Waals surface area contributed by atoms with Crippen molar-refractivity contribution in [1.29, 1.82) is 0 Å². The number of fused-ring (bicyclic) bond motifs is 9. The second-order valence-corrected chi connectivity index (χ2v) is 11.0. The standard InChI is InChI=1S/C40H26N2/c1-3-12-27(13-4-1)29-14-11-17-31(26-29)42-37-21-10-8-19-33(37)35-25-23-28-22-24-34-32-18-7-9-20-36(32)41(30-15-5-2-6-16-30)39(34)38(28)40(35)42/h1-26H. The summed E-state index contributed by atoms with van der Waals surface area (Å²) in [6.45, 7) is 0. The van der Waals surface area contributed by atoms with Crippen molar-refractivity contribution in [1.82, 2.24) is 9.13 Å². The average molecular weight is 535 g/mol. The molecule has 0 amide bonds. The second kappa shape index (κ2) is 8.95. The molecule has 7 aromatic carbocycles. The van der Waals surface area contributed by atoms with Gasteiger partial charge in [0.15, 0.2) is 0 Å². The molecule has 0 atom stereocenters. The lowest BCUT2D eigenvalue weighted by Gasteiger charge is -2.14. The molecule has 0 radical (unpaired) electrons. The fourth-order valence-corrected chi connectivity index (χ4v) is 6.88. The molecule has 0 aliphatic rings. The van der Waals surface area contributed by atoms with Gasteiger partial charge in [0.05, 0.1) is 22.1 Å². The minimum absolute atomic E-state index is 1.16. The maximum atomic E-state index is 2.48. The number of nitrogens with zero attached hydrogens (tertiary/aromatic N) is 2. The third-order valence-electron chi connectivity index (χ3n) is 8.67. The van der Waals surface area contributed by atoms with E-state index in [1.54, 1.807) is 0 Å². The van der Waals surface area contributed by atoms with Gasteiger partial charge in [-0.05, 0) is 52.9 Å². The minimum Gasteiger partial charge on any atom is -0.309 e. The maximum Gasteiger partial charge on any atom is 0.0640 e. The second-order valence-electron chi connectivity index (χ2n) is 11.0. The zero-order chi connectivity index (χ0) is 27.6. The van der Waals surface area contributed by atoms with Gasteiger partial charge in [-0.15, -0.1) is 0 Å². The molecule has 0 bridgehead atoms. The smallest absolute Gasteiger partial charge is 0.0640 e. The van der Waals surface area contributed by atoms with Gasteiger partial charge in [-0.3, -0.25) is 0 Å². The summed E-state index contributed by atoms with van der Waals surface area (Å²) < 4.78 is 4.93. The topological polar surface area (TPSA) is 9.86 Å². The summed E-state index contributed by atoms with van der Waals surface area (Å²) in [4.78, 5) is 0. The van der Waals surface area contributed by atoms with E-state index in [1.807, 2.05) is 0 Å². The largest absolute Gasteiger partial charge is 0.309 e. The summed E-state index contributed by atoms with van der Waals surface area (Å²) in [5.41, 5.74) is 9.68. The Morgan fingerprint density at radius 3 is 1.48 bits per heavy atom. The first-order valence-electron chi connectivity index (χ1n) is 14.5. The molecule has 0 spiro atoms. The molecule has 0 fully saturated rings. The highest BCUT2D eigenvalue weighted by Crippen LogP contribution is 2.43. The van der Waals surface area contributed by atoms with E-state index in [2.05, 4.69) is 167 Å². The van der Waals surface area contributed by atoms with Crippen LogP contribution in [0.15, 0.2) is 158 Å². The van der Waals surface area contributed by atoms with Gasteiger partial charge in [-0.2, -0.15) is 0 Å². The lowest BCUT2D eigenvalue weighted by Crippen LogP contribution is -1.97.